The van der Waals surface area contributed by atoms with Crippen LogP contribution in [0.3, 0.4) is 0 Å². The smallest absolute Gasteiger partial charge is 0.262 e. The van der Waals surface area contributed by atoms with Crippen molar-refractivity contribution < 1.29 is 76.6 Å². The molecule has 74 heavy (non-hydrogen) atoms. The Hall–Kier alpha value is -3.78. The fourth-order valence-corrected chi connectivity index (χ4v) is 9.37. The van der Waals surface area contributed by atoms with Gasteiger partial charge in [0.25, 0.3) is 23.6 Å². The van der Waals surface area contributed by atoms with E-state index < -0.39 is 39.7 Å². The highest BCUT2D eigenvalue weighted by atomic mass is 35.7. The van der Waals surface area contributed by atoms with Crippen molar-refractivity contribution in [2.75, 3.05) is 144 Å². The van der Waals surface area contributed by atoms with E-state index in [1.54, 1.807) is 94.0 Å². The SMILES string of the molecule is C.C=O.CP(=O)(Cl)CN1C(=O)c2ccccc2C1=O.CP(C)(=O)CN.CP(C)(=O)CN1C(=O)c2ccccc2C1=O.CP(C)(=O)CNCN(O)C(=O)CCCN1CCOCC1.O=C(CCC[NH+]1CCOCC1)NO. The number of hydrogen-bond acceptors (Lipinski definition) is 18. The van der Waals surface area contributed by atoms with E-state index in [2.05, 4.69) is 10.2 Å². The maximum atomic E-state index is 11.9. The van der Waals surface area contributed by atoms with Crippen molar-refractivity contribution in [3.8, 4) is 0 Å². The zero-order valence-electron chi connectivity index (χ0n) is 43.0. The molecule has 1 atom stereocenters. The van der Waals surface area contributed by atoms with Crippen molar-refractivity contribution in [2.45, 2.75) is 33.1 Å². The van der Waals surface area contributed by atoms with Crippen molar-refractivity contribution >= 4 is 81.4 Å². The van der Waals surface area contributed by atoms with Gasteiger partial charge in [0.15, 0.2) is 6.49 Å². The maximum absolute atomic E-state index is 11.9. The van der Waals surface area contributed by atoms with E-state index in [1.807, 2.05) is 6.79 Å². The summed E-state index contributed by atoms with van der Waals surface area (Å²) in [7, 11) is -6.47. The van der Waals surface area contributed by atoms with Crippen LogP contribution in [0.25, 0.3) is 0 Å². The molecule has 2 saturated heterocycles. The Morgan fingerprint density at radius 2 is 1.14 bits per heavy atom. The molecule has 2 aromatic rings. The van der Waals surface area contributed by atoms with Gasteiger partial charge in [0.2, 0.25) is 11.8 Å². The number of hydroxylamine groups is 3. The van der Waals surface area contributed by atoms with Crippen molar-refractivity contribution in [3.05, 3.63) is 70.8 Å². The van der Waals surface area contributed by atoms with Crippen molar-refractivity contribution in [1.82, 2.24) is 30.6 Å². The second-order valence-corrected chi connectivity index (χ2v) is 33.3. The molecule has 4 heterocycles. The highest BCUT2D eigenvalue weighted by Crippen LogP contribution is 2.48. The van der Waals surface area contributed by atoms with Crippen LogP contribution in [0.15, 0.2) is 48.5 Å². The third kappa shape index (κ3) is 28.4. The van der Waals surface area contributed by atoms with Crippen LogP contribution in [0.2, 0.25) is 0 Å². The summed E-state index contributed by atoms with van der Waals surface area (Å²) in [6.07, 6.45) is 2.68. The number of fused-ring (bicyclic) bond motifs is 2. The van der Waals surface area contributed by atoms with Crippen LogP contribution in [-0.4, -0.2) is 217 Å². The number of halogens is 1. The summed E-state index contributed by atoms with van der Waals surface area (Å²) < 4.78 is 55.5. The third-order valence-electron chi connectivity index (χ3n) is 10.3. The summed E-state index contributed by atoms with van der Waals surface area (Å²) in [5.74, 6) is -2.15. The predicted octanol–water partition coefficient (Wildman–Crippen LogP) is 3.86. The summed E-state index contributed by atoms with van der Waals surface area (Å²) in [5, 5.41) is 21.3. The first-order valence-corrected chi connectivity index (χ1v) is 34.8. The van der Waals surface area contributed by atoms with Crippen LogP contribution in [-0.2, 0) is 42.1 Å². The predicted molar refractivity (Wildman–Crippen MR) is 288 cm³/mol. The van der Waals surface area contributed by atoms with Crippen LogP contribution in [0.4, 0.5) is 0 Å². The van der Waals surface area contributed by atoms with Crippen LogP contribution in [0.1, 0.15) is 74.5 Å². The zero-order chi connectivity index (χ0) is 55.6. The van der Waals surface area contributed by atoms with Gasteiger partial charge in [-0.15, -0.1) is 0 Å². The Bertz CT molecular complexity index is 2150. The van der Waals surface area contributed by atoms with Gasteiger partial charge in [0, 0.05) is 45.3 Å². The Morgan fingerprint density at radius 1 is 0.716 bits per heavy atom. The lowest BCUT2D eigenvalue weighted by molar-refractivity contribution is -0.908. The Kier molecular flexibility index (Phi) is 33.0. The molecule has 4 aliphatic rings. The van der Waals surface area contributed by atoms with Gasteiger partial charge in [0.1, 0.15) is 27.0 Å². The zero-order valence-corrected chi connectivity index (χ0v) is 47.3. The van der Waals surface area contributed by atoms with Crippen LogP contribution >= 0.6 is 39.2 Å². The fourth-order valence-electron chi connectivity index (χ4n) is 6.71. The van der Waals surface area contributed by atoms with Crippen LogP contribution < -0.4 is 21.4 Å². The minimum atomic E-state index is -2.96. The summed E-state index contributed by atoms with van der Waals surface area (Å²) in [6.45, 7) is 19.0. The number of rotatable bonds is 17. The third-order valence-corrected chi connectivity index (χ3v) is 14.3. The lowest BCUT2D eigenvalue weighted by Crippen LogP contribution is -3.14. The first kappa shape index (κ1) is 70.2. The average Bonchev–Trinajstić information content (AvgIpc) is 3.71. The number of nitrogens with two attached hydrogens (primary N) is 1. The van der Waals surface area contributed by atoms with Gasteiger partial charge >= 0.3 is 0 Å². The number of hydrogen-bond donors (Lipinski definition) is 6. The van der Waals surface area contributed by atoms with Crippen LogP contribution in [0.5, 0.6) is 0 Å². The Labute approximate surface area is 440 Å². The number of ether oxygens (including phenoxy) is 2. The summed E-state index contributed by atoms with van der Waals surface area (Å²) in [6, 6.07) is 13.2. The molecular formula is C46H80ClN8O15P4+. The average molecular weight is 1140 g/mol. The quantitative estimate of drug-likeness (QED) is 0.0431. The lowest BCUT2D eigenvalue weighted by atomic mass is 10.1. The molecule has 23 nitrogen and oxygen atoms in total. The van der Waals surface area contributed by atoms with Crippen molar-refractivity contribution in [1.29, 1.82) is 0 Å². The van der Waals surface area contributed by atoms with E-state index in [-0.39, 0.29) is 50.3 Å². The second-order valence-electron chi connectivity index (χ2n) is 18.5. The van der Waals surface area contributed by atoms with Crippen molar-refractivity contribution in [3.63, 3.8) is 0 Å². The number of morpholine rings is 2. The molecule has 0 aromatic heterocycles. The number of carbonyl (C=O) groups excluding carboxylic acids is 7. The molecule has 2 aromatic carbocycles. The molecule has 4 aliphatic heterocycles. The largest absolute Gasteiger partial charge is 0.379 e. The highest BCUT2D eigenvalue weighted by Gasteiger charge is 2.38. The van der Waals surface area contributed by atoms with E-state index in [0.717, 1.165) is 88.3 Å². The van der Waals surface area contributed by atoms with Gasteiger partial charge in [-0.25, -0.2) is 10.5 Å². The summed E-state index contributed by atoms with van der Waals surface area (Å²) in [4.78, 5) is 83.4. The molecule has 6 rings (SSSR count). The van der Waals surface area contributed by atoms with Gasteiger partial charge in [0.05, 0.1) is 95.0 Å². The maximum Gasteiger partial charge on any atom is 0.262 e. The second kappa shape index (κ2) is 34.8. The first-order chi connectivity index (χ1) is 34.1. The summed E-state index contributed by atoms with van der Waals surface area (Å²) >= 11 is 5.60. The number of quaternary nitrogens is 1. The monoisotopic (exact) mass is 1140 g/mol. The molecule has 6 amide bonds. The Morgan fingerprint density at radius 3 is 1.51 bits per heavy atom. The van der Waals surface area contributed by atoms with Gasteiger partial charge in [-0.3, -0.25) is 59.2 Å². The molecule has 0 bridgehead atoms. The first-order valence-electron chi connectivity index (χ1n) is 23.2. The Balaban J connectivity index is 0.000000918. The molecule has 2 fully saturated rings. The number of benzene rings is 2. The number of carbonyl (C=O) groups is 7. The fraction of sp³-hybridized carbons (Fsp3) is 0.587. The number of imide groups is 2. The normalized spacial score (nSPS) is 16.3. The minimum absolute atomic E-state index is 0. The number of amides is 6. The molecule has 0 radical (unpaired) electrons. The van der Waals surface area contributed by atoms with E-state index in [0.29, 0.717) is 52.7 Å². The van der Waals surface area contributed by atoms with E-state index >= 15 is 0 Å². The molecule has 420 valence electrons. The van der Waals surface area contributed by atoms with E-state index in [4.69, 9.17) is 36.5 Å². The lowest BCUT2D eigenvalue weighted by Gasteiger charge is -2.26. The molecule has 7 N–H and O–H groups in total. The minimum Gasteiger partial charge on any atom is -0.379 e. The summed E-state index contributed by atoms with van der Waals surface area (Å²) in [5.41, 5.74) is 8.17. The van der Waals surface area contributed by atoms with Crippen LogP contribution in [0, 0.1) is 0 Å². The van der Waals surface area contributed by atoms with Gasteiger partial charge < -0.3 is 43.2 Å². The molecule has 28 heteroatoms. The van der Waals surface area contributed by atoms with E-state index in [9.17, 15) is 52.2 Å². The van der Waals surface area contributed by atoms with Gasteiger partial charge in [-0.2, -0.15) is 0 Å². The molecule has 0 aliphatic carbocycles. The van der Waals surface area contributed by atoms with Gasteiger partial charge in [-0.1, -0.05) is 42.9 Å². The molecule has 0 saturated carbocycles. The highest BCUT2D eigenvalue weighted by molar-refractivity contribution is 7.88. The van der Waals surface area contributed by atoms with Gasteiger partial charge in [-0.05, 0) is 77.2 Å². The molecule has 0 spiro atoms. The number of nitrogens with one attached hydrogen (secondary N) is 3. The van der Waals surface area contributed by atoms with Crippen molar-refractivity contribution in [2.24, 2.45) is 5.73 Å². The molecule has 1 unspecified atom stereocenters. The van der Waals surface area contributed by atoms with E-state index in [1.165, 1.54) is 11.6 Å². The topological polar surface area (TPSA) is 314 Å². The number of nitrogens with zero attached hydrogens (tertiary/aromatic N) is 4. The standard InChI is InChI=1S/C12H26N3O4P.C11H12NO3P.C10H9ClNO3P.C8H16N2O3.C3H10NOP.CH2O.CH4/c1-20(2,18)11-13-10-15(17)12(16)4-3-5-14-6-8-19-9-7-14;1-16(2,15)7-12-10(13)8-5-3-4-6-9(8)11(12)14;1-16(11,15)6-12-9(13)7-4-2-3-5-8(7)10(12)14;11-8(9-12)2-1-3-10-4-6-13-7-5-10;1-6(2,5)3-4;1-2;/h13,17H,3-11H2,1-2H3;3-6H,7H2,1-2H3;2-5H,6H2,1H3;12H,1-7H2,(H,9,11);3-4H2,1-2H3;1H2;1H4/p+1. The molecular weight excluding hydrogens is 1060 g/mol.